The number of rotatable bonds is 7. The van der Waals surface area contributed by atoms with Crippen molar-refractivity contribution < 1.29 is 4.74 Å². The summed E-state index contributed by atoms with van der Waals surface area (Å²) in [4.78, 5) is 0. The first-order valence-electron chi connectivity index (χ1n) is 6.13. The van der Waals surface area contributed by atoms with Crippen molar-refractivity contribution in [1.29, 1.82) is 0 Å². The minimum atomic E-state index is 0.756. The van der Waals surface area contributed by atoms with E-state index >= 15 is 0 Å². The van der Waals surface area contributed by atoms with Crippen molar-refractivity contribution in [3.8, 4) is 0 Å². The first kappa shape index (κ1) is 13.2. The summed E-state index contributed by atoms with van der Waals surface area (Å²) in [5, 5.41) is 1.12. The third-order valence-corrected chi connectivity index (χ3v) is 3.73. The maximum Gasteiger partial charge on any atom is 0.0499 e. The molecule has 1 nitrogen and oxygen atoms in total. The molecule has 0 radical (unpaired) electrons. The number of alkyl halides is 1. The quantitative estimate of drug-likeness (QED) is 0.385. The maximum absolute atomic E-state index is 5.74. The number of halogens is 1. The topological polar surface area (TPSA) is 9.23 Å². The van der Waals surface area contributed by atoms with Crippen molar-refractivity contribution in [2.24, 2.45) is 11.8 Å². The van der Waals surface area contributed by atoms with E-state index in [1.54, 1.807) is 0 Å². The Labute approximate surface area is 102 Å². The molecule has 1 aliphatic rings. The molecule has 0 aromatic heterocycles. The molecule has 15 heavy (non-hydrogen) atoms. The van der Waals surface area contributed by atoms with Crippen molar-refractivity contribution >= 4 is 15.9 Å². The van der Waals surface area contributed by atoms with Gasteiger partial charge >= 0.3 is 0 Å². The Morgan fingerprint density at radius 2 is 2.00 bits per heavy atom. The molecule has 0 spiro atoms. The molecule has 88 valence electrons. The molecule has 0 aliphatic heterocycles. The van der Waals surface area contributed by atoms with Crippen LogP contribution in [0.3, 0.4) is 0 Å². The third-order valence-electron chi connectivity index (χ3n) is 3.17. The Bertz CT molecular complexity index is 179. The van der Waals surface area contributed by atoms with Crippen LogP contribution in [-0.4, -0.2) is 18.5 Å². The molecule has 0 aromatic rings. The summed E-state index contributed by atoms with van der Waals surface area (Å²) in [6, 6.07) is 0. The van der Waals surface area contributed by atoms with Crippen molar-refractivity contribution in [2.75, 3.05) is 18.5 Å². The molecule has 0 aromatic carbocycles. The highest BCUT2D eigenvalue weighted by Crippen LogP contribution is 2.24. The van der Waals surface area contributed by atoms with Crippen molar-refractivity contribution in [3.63, 3.8) is 0 Å². The number of ether oxygens (including phenoxy) is 1. The third kappa shape index (κ3) is 5.72. The fourth-order valence-electron chi connectivity index (χ4n) is 1.95. The zero-order valence-corrected chi connectivity index (χ0v) is 11.3. The fourth-order valence-corrected chi connectivity index (χ4v) is 2.35. The highest BCUT2D eigenvalue weighted by atomic mass is 79.9. The lowest BCUT2D eigenvalue weighted by Crippen LogP contribution is -2.19. The van der Waals surface area contributed by atoms with Gasteiger partial charge in [0.05, 0.1) is 0 Å². The van der Waals surface area contributed by atoms with E-state index in [0.717, 1.165) is 30.4 Å². The van der Waals surface area contributed by atoms with Crippen LogP contribution in [0, 0.1) is 11.8 Å². The summed E-state index contributed by atoms with van der Waals surface area (Å²) >= 11 is 3.44. The molecule has 0 saturated heterocycles. The second-order valence-corrected chi connectivity index (χ2v) is 5.30. The largest absolute Gasteiger partial charge is 0.381 e. The standard InChI is InChI=1S/C13H23BrO/c1-12-7-3-4-8-13(12)11-15-10-6-2-5-9-14/h3-4,12-13H,2,5-11H2,1H3. The van der Waals surface area contributed by atoms with E-state index in [9.17, 15) is 0 Å². The minimum absolute atomic E-state index is 0.756. The van der Waals surface area contributed by atoms with Gasteiger partial charge in [0, 0.05) is 18.5 Å². The van der Waals surface area contributed by atoms with E-state index in [0.29, 0.717) is 0 Å². The zero-order chi connectivity index (χ0) is 10.9. The van der Waals surface area contributed by atoms with E-state index in [2.05, 4.69) is 35.0 Å². The molecule has 1 aliphatic carbocycles. The first-order valence-corrected chi connectivity index (χ1v) is 7.25. The lowest BCUT2D eigenvalue weighted by atomic mass is 9.85. The second kappa shape index (κ2) is 8.35. The number of hydrogen-bond donors (Lipinski definition) is 0. The van der Waals surface area contributed by atoms with E-state index < -0.39 is 0 Å². The van der Waals surface area contributed by atoms with Crippen LogP contribution in [0.15, 0.2) is 12.2 Å². The summed E-state index contributed by atoms with van der Waals surface area (Å²) in [6.45, 7) is 4.24. The lowest BCUT2D eigenvalue weighted by Gasteiger charge is -2.24. The Morgan fingerprint density at radius 3 is 2.73 bits per heavy atom. The molecule has 2 heteroatoms. The van der Waals surface area contributed by atoms with Gasteiger partial charge in [-0.2, -0.15) is 0 Å². The molecule has 2 atom stereocenters. The smallest absolute Gasteiger partial charge is 0.0499 e. The number of unbranched alkanes of at least 4 members (excludes halogenated alkanes) is 2. The van der Waals surface area contributed by atoms with Crippen LogP contribution < -0.4 is 0 Å². The second-order valence-electron chi connectivity index (χ2n) is 4.50. The zero-order valence-electron chi connectivity index (χ0n) is 9.75. The molecular weight excluding hydrogens is 252 g/mol. The summed E-state index contributed by atoms with van der Waals surface area (Å²) in [5.41, 5.74) is 0. The molecule has 0 N–H and O–H groups in total. The van der Waals surface area contributed by atoms with Gasteiger partial charge < -0.3 is 4.74 Å². The molecule has 0 bridgehead atoms. The molecule has 0 fully saturated rings. The minimum Gasteiger partial charge on any atom is -0.381 e. The van der Waals surface area contributed by atoms with Gasteiger partial charge in [-0.25, -0.2) is 0 Å². The van der Waals surface area contributed by atoms with Crippen molar-refractivity contribution in [2.45, 2.75) is 39.0 Å². The van der Waals surface area contributed by atoms with Gasteiger partial charge in [-0.05, 0) is 37.5 Å². The van der Waals surface area contributed by atoms with Crippen LogP contribution >= 0.6 is 15.9 Å². The monoisotopic (exact) mass is 274 g/mol. The van der Waals surface area contributed by atoms with E-state index in [-0.39, 0.29) is 0 Å². The fraction of sp³-hybridized carbons (Fsp3) is 0.846. The Morgan fingerprint density at radius 1 is 1.20 bits per heavy atom. The summed E-state index contributed by atoms with van der Waals surface area (Å²) in [6.07, 6.45) is 10.8. The predicted octanol–water partition coefficient (Wildman–Crippen LogP) is 4.17. The number of allylic oxidation sites excluding steroid dienone is 2. The molecule has 2 unspecified atom stereocenters. The van der Waals surface area contributed by atoms with Crippen LogP contribution in [0.2, 0.25) is 0 Å². The molecular formula is C13H23BrO. The van der Waals surface area contributed by atoms with Gasteiger partial charge in [0.25, 0.3) is 0 Å². The summed E-state index contributed by atoms with van der Waals surface area (Å²) < 4.78 is 5.74. The van der Waals surface area contributed by atoms with Crippen LogP contribution in [0.25, 0.3) is 0 Å². The Kier molecular flexibility index (Phi) is 7.37. The highest BCUT2D eigenvalue weighted by molar-refractivity contribution is 9.09. The molecule has 0 heterocycles. The summed E-state index contributed by atoms with van der Waals surface area (Å²) in [7, 11) is 0. The first-order chi connectivity index (χ1) is 7.34. The average Bonchev–Trinajstić information content (AvgIpc) is 2.25. The van der Waals surface area contributed by atoms with Crippen molar-refractivity contribution in [1.82, 2.24) is 0 Å². The van der Waals surface area contributed by atoms with Crippen LogP contribution in [0.5, 0.6) is 0 Å². The van der Waals surface area contributed by atoms with Gasteiger partial charge in [-0.15, -0.1) is 0 Å². The van der Waals surface area contributed by atoms with Gasteiger partial charge in [0.2, 0.25) is 0 Å². The molecule has 0 saturated carbocycles. The normalized spacial score (nSPS) is 25.7. The maximum atomic E-state index is 5.74. The van der Waals surface area contributed by atoms with Gasteiger partial charge in [0.15, 0.2) is 0 Å². The van der Waals surface area contributed by atoms with Gasteiger partial charge in [0.1, 0.15) is 0 Å². The van der Waals surface area contributed by atoms with Crippen LogP contribution in [0.4, 0.5) is 0 Å². The molecule has 0 amide bonds. The van der Waals surface area contributed by atoms with E-state index in [1.165, 1.54) is 32.1 Å². The van der Waals surface area contributed by atoms with E-state index in [1.807, 2.05) is 0 Å². The van der Waals surface area contributed by atoms with Crippen LogP contribution in [-0.2, 0) is 4.74 Å². The lowest BCUT2D eigenvalue weighted by molar-refractivity contribution is 0.0767. The SMILES string of the molecule is CC1CC=CCC1COCCCCCBr. The van der Waals surface area contributed by atoms with Gasteiger partial charge in [-0.1, -0.05) is 41.4 Å². The molecule has 1 rings (SSSR count). The van der Waals surface area contributed by atoms with E-state index in [4.69, 9.17) is 4.74 Å². The number of hydrogen-bond acceptors (Lipinski definition) is 1. The predicted molar refractivity (Wildman–Crippen MR) is 69.5 cm³/mol. The van der Waals surface area contributed by atoms with Crippen molar-refractivity contribution in [3.05, 3.63) is 12.2 Å². The van der Waals surface area contributed by atoms with Gasteiger partial charge in [-0.3, -0.25) is 0 Å². The highest BCUT2D eigenvalue weighted by Gasteiger charge is 2.17. The Hall–Kier alpha value is 0.180. The average molecular weight is 275 g/mol. The Balaban J connectivity index is 1.97. The van der Waals surface area contributed by atoms with Crippen LogP contribution in [0.1, 0.15) is 39.0 Å². The summed E-state index contributed by atoms with van der Waals surface area (Å²) in [5.74, 6) is 1.56.